The van der Waals surface area contributed by atoms with Crippen molar-refractivity contribution < 1.29 is 0 Å². The maximum atomic E-state index is 5.33. The van der Waals surface area contributed by atoms with E-state index in [4.69, 9.17) is 5.73 Å². The molecule has 0 aliphatic heterocycles. The van der Waals surface area contributed by atoms with Crippen molar-refractivity contribution in [2.24, 2.45) is 10.7 Å². The van der Waals surface area contributed by atoms with Crippen molar-refractivity contribution in [3.63, 3.8) is 0 Å². The van der Waals surface area contributed by atoms with Crippen LogP contribution < -0.4 is 5.73 Å². The minimum absolute atomic E-state index is 0.746. The number of hydrogen-bond acceptors (Lipinski definition) is 2. The highest BCUT2D eigenvalue weighted by Gasteiger charge is 1.94. The Hall–Kier alpha value is -1.83. The molecule has 0 saturated carbocycles. The summed E-state index contributed by atoms with van der Waals surface area (Å²) in [6.45, 7) is 7.84. The van der Waals surface area contributed by atoms with Gasteiger partial charge in [0.1, 0.15) is 0 Å². The first-order valence-electron chi connectivity index (χ1n) is 4.82. The molecule has 2 heteroatoms. The van der Waals surface area contributed by atoms with Gasteiger partial charge >= 0.3 is 0 Å². The summed E-state index contributed by atoms with van der Waals surface area (Å²) in [5, 5.41) is 0. The highest BCUT2D eigenvalue weighted by molar-refractivity contribution is 5.83. The first-order valence-corrected chi connectivity index (χ1v) is 4.82. The number of aryl methyl sites for hydroxylation is 1. The van der Waals surface area contributed by atoms with Crippen LogP contribution in [0.25, 0.3) is 5.70 Å². The summed E-state index contributed by atoms with van der Waals surface area (Å²) in [5.41, 5.74) is 9.26. The van der Waals surface area contributed by atoms with E-state index in [0.29, 0.717) is 0 Å². The third-order valence-corrected chi connectivity index (χ3v) is 2.07. The van der Waals surface area contributed by atoms with Crippen LogP contribution in [0.4, 0.5) is 0 Å². The molecule has 0 heterocycles. The summed E-state index contributed by atoms with van der Waals surface area (Å²) in [7, 11) is 0. The molecule has 2 nitrogen and oxygen atoms in total. The highest BCUT2D eigenvalue weighted by atomic mass is 14.7. The average Bonchev–Trinajstić information content (AvgIpc) is 2.26. The Morgan fingerprint density at radius 3 is 2.47 bits per heavy atom. The Morgan fingerprint density at radius 1 is 1.33 bits per heavy atom. The van der Waals surface area contributed by atoms with E-state index >= 15 is 0 Å². The molecule has 1 aromatic rings. The third-order valence-electron chi connectivity index (χ3n) is 2.07. The molecular weight excluding hydrogens is 184 g/mol. The molecule has 0 saturated heterocycles. The molecule has 0 aromatic heterocycles. The number of nitrogens with zero attached hydrogens (tertiary/aromatic N) is 1. The van der Waals surface area contributed by atoms with Crippen LogP contribution in [-0.4, -0.2) is 6.21 Å². The second-order valence-electron chi connectivity index (χ2n) is 3.48. The lowest BCUT2D eigenvalue weighted by Gasteiger charge is -2.00. The molecule has 0 aliphatic carbocycles. The smallest absolute Gasteiger partial charge is 0.0630 e. The Balaban J connectivity index is 2.78. The Kier molecular flexibility index (Phi) is 3.86. The predicted octanol–water partition coefficient (Wildman–Crippen LogP) is 2.90. The lowest BCUT2D eigenvalue weighted by molar-refractivity contribution is 1.43. The minimum Gasteiger partial charge on any atom is -0.404 e. The minimum atomic E-state index is 0.746. The SMILES string of the molecule is C=C(N=C/C(C)=C\N)c1ccc(C)cc1. The summed E-state index contributed by atoms with van der Waals surface area (Å²) in [6, 6.07) is 8.11. The van der Waals surface area contributed by atoms with E-state index < -0.39 is 0 Å². The van der Waals surface area contributed by atoms with Crippen molar-refractivity contribution in [1.29, 1.82) is 0 Å². The first-order chi connectivity index (χ1) is 7.13. The molecule has 1 aromatic carbocycles. The molecule has 0 atom stereocenters. The van der Waals surface area contributed by atoms with Crippen LogP contribution >= 0.6 is 0 Å². The van der Waals surface area contributed by atoms with Gasteiger partial charge in [-0.3, -0.25) is 4.99 Å². The third kappa shape index (κ3) is 3.43. The van der Waals surface area contributed by atoms with E-state index in [2.05, 4.69) is 18.5 Å². The molecule has 0 fully saturated rings. The van der Waals surface area contributed by atoms with Crippen LogP contribution in [0.1, 0.15) is 18.1 Å². The first kappa shape index (κ1) is 11.2. The van der Waals surface area contributed by atoms with E-state index in [-0.39, 0.29) is 0 Å². The number of aliphatic imine (C=N–C) groups is 1. The van der Waals surface area contributed by atoms with Crippen molar-refractivity contribution in [1.82, 2.24) is 0 Å². The summed E-state index contributed by atoms with van der Waals surface area (Å²) >= 11 is 0. The zero-order chi connectivity index (χ0) is 11.3. The maximum absolute atomic E-state index is 5.33. The molecule has 0 unspecified atom stereocenters. The van der Waals surface area contributed by atoms with E-state index in [9.17, 15) is 0 Å². The van der Waals surface area contributed by atoms with Crippen molar-refractivity contribution in [3.05, 3.63) is 53.7 Å². The van der Waals surface area contributed by atoms with Gasteiger partial charge in [0.25, 0.3) is 0 Å². The van der Waals surface area contributed by atoms with Gasteiger partial charge in [-0.15, -0.1) is 0 Å². The van der Waals surface area contributed by atoms with Crippen molar-refractivity contribution in [3.8, 4) is 0 Å². The maximum Gasteiger partial charge on any atom is 0.0630 e. The Morgan fingerprint density at radius 2 is 1.93 bits per heavy atom. The molecule has 0 amide bonds. The van der Waals surface area contributed by atoms with Crippen LogP contribution in [0.15, 0.2) is 47.6 Å². The molecule has 78 valence electrons. The van der Waals surface area contributed by atoms with Crippen LogP contribution in [0.5, 0.6) is 0 Å². The van der Waals surface area contributed by atoms with Gasteiger partial charge in [0.05, 0.1) is 5.70 Å². The molecule has 0 aliphatic rings. The fourth-order valence-corrected chi connectivity index (χ4v) is 1.04. The number of rotatable bonds is 3. The van der Waals surface area contributed by atoms with Gasteiger partial charge in [-0.05, 0) is 31.2 Å². The number of hydrogen-bond donors (Lipinski definition) is 1. The van der Waals surface area contributed by atoms with Crippen molar-refractivity contribution in [2.75, 3.05) is 0 Å². The summed E-state index contributed by atoms with van der Waals surface area (Å²) < 4.78 is 0. The largest absolute Gasteiger partial charge is 0.404 e. The van der Waals surface area contributed by atoms with Crippen LogP contribution in [0.3, 0.4) is 0 Å². The molecule has 0 radical (unpaired) electrons. The zero-order valence-corrected chi connectivity index (χ0v) is 9.20. The molecule has 0 spiro atoms. The van der Waals surface area contributed by atoms with Crippen molar-refractivity contribution in [2.45, 2.75) is 13.8 Å². The number of nitrogens with two attached hydrogens (primary N) is 1. The quantitative estimate of drug-likeness (QED) is 0.748. The average molecular weight is 200 g/mol. The molecule has 2 N–H and O–H groups in total. The zero-order valence-electron chi connectivity index (χ0n) is 9.20. The van der Waals surface area contributed by atoms with E-state index in [1.54, 1.807) is 6.21 Å². The molecule has 1 rings (SSSR count). The monoisotopic (exact) mass is 200 g/mol. The normalized spacial score (nSPS) is 12.0. The van der Waals surface area contributed by atoms with E-state index in [0.717, 1.165) is 16.8 Å². The summed E-state index contributed by atoms with van der Waals surface area (Å²) in [5.74, 6) is 0. The van der Waals surface area contributed by atoms with E-state index in [1.165, 1.54) is 11.8 Å². The molecule has 15 heavy (non-hydrogen) atoms. The fraction of sp³-hybridized carbons (Fsp3) is 0.154. The van der Waals surface area contributed by atoms with Gasteiger partial charge in [-0.2, -0.15) is 0 Å². The lowest BCUT2D eigenvalue weighted by Crippen LogP contribution is -1.86. The molecule has 0 bridgehead atoms. The van der Waals surface area contributed by atoms with Gasteiger partial charge in [0.15, 0.2) is 0 Å². The summed E-state index contributed by atoms with van der Waals surface area (Å²) in [6.07, 6.45) is 3.23. The van der Waals surface area contributed by atoms with Gasteiger partial charge in [-0.1, -0.05) is 36.4 Å². The fourth-order valence-electron chi connectivity index (χ4n) is 1.04. The second kappa shape index (κ2) is 5.15. The van der Waals surface area contributed by atoms with E-state index in [1.807, 2.05) is 31.2 Å². The van der Waals surface area contributed by atoms with Gasteiger partial charge in [0.2, 0.25) is 0 Å². The molecular formula is C13H16N2. The van der Waals surface area contributed by atoms with Crippen LogP contribution in [0, 0.1) is 6.92 Å². The topological polar surface area (TPSA) is 38.4 Å². The summed E-state index contributed by atoms with van der Waals surface area (Å²) in [4.78, 5) is 4.23. The predicted molar refractivity (Wildman–Crippen MR) is 66.6 cm³/mol. The van der Waals surface area contributed by atoms with Crippen LogP contribution in [-0.2, 0) is 0 Å². The number of allylic oxidation sites excluding steroid dienone is 1. The van der Waals surface area contributed by atoms with Crippen LogP contribution in [0.2, 0.25) is 0 Å². The standard InChI is InChI=1S/C13H16N2/c1-10-4-6-13(7-5-10)12(3)15-9-11(2)8-14/h4-9H,3,14H2,1-2H3/b11-8-,15-9?. The van der Waals surface area contributed by atoms with Crippen molar-refractivity contribution >= 4 is 11.9 Å². The van der Waals surface area contributed by atoms with Gasteiger partial charge < -0.3 is 5.73 Å². The Bertz CT molecular complexity index is 397. The lowest BCUT2D eigenvalue weighted by atomic mass is 10.1. The number of benzene rings is 1. The second-order valence-corrected chi connectivity index (χ2v) is 3.48. The Labute approximate surface area is 90.8 Å². The highest BCUT2D eigenvalue weighted by Crippen LogP contribution is 2.14. The van der Waals surface area contributed by atoms with Gasteiger partial charge in [-0.25, -0.2) is 0 Å². The van der Waals surface area contributed by atoms with Gasteiger partial charge in [0, 0.05) is 6.21 Å².